The van der Waals surface area contributed by atoms with Crippen molar-refractivity contribution in [1.82, 2.24) is 0 Å². The highest BCUT2D eigenvalue weighted by Gasteiger charge is 2.06. The summed E-state index contributed by atoms with van der Waals surface area (Å²) in [6.45, 7) is 2.02. The van der Waals surface area contributed by atoms with Crippen LogP contribution in [0.3, 0.4) is 0 Å². The maximum atomic E-state index is 10.5. The number of carboxylic acid groups (broad SMARTS) is 1. The van der Waals surface area contributed by atoms with Crippen LogP contribution in [0.25, 0.3) is 6.08 Å². The first-order valence-corrected chi connectivity index (χ1v) is 6.38. The van der Waals surface area contributed by atoms with Gasteiger partial charge in [-0.05, 0) is 48.4 Å². The maximum Gasteiger partial charge on any atom is 0.328 e. The number of carbonyl (C=O) groups is 1. The molecule has 0 amide bonds. The molecule has 3 nitrogen and oxygen atoms in total. The van der Waals surface area contributed by atoms with Crippen LogP contribution in [0.2, 0.25) is 0 Å². The van der Waals surface area contributed by atoms with Gasteiger partial charge in [-0.25, -0.2) is 4.79 Å². The van der Waals surface area contributed by atoms with Gasteiger partial charge in [-0.2, -0.15) is 0 Å². The number of hydrogen-bond donors (Lipinski definition) is 1. The minimum absolute atomic E-state index is 0.884. The lowest BCUT2D eigenvalue weighted by Gasteiger charge is -2.21. The van der Waals surface area contributed by atoms with Crippen molar-refractivity contribution in [2.45, 2.75) is 6.92 Å². The van der Waals surface area contributed by atoms with Gasteiger partial charge >= 0.3 is 5.97 Å². The van der Waals surface area contributed by atoms with Gasteiger partial charge in [0.05, 0.1) is 0 Å². The molecule has 0 aliphatic heterocycles. The third-order valence-corrected chi connectivity index (χ3v) is 3.14. The van der Waals surface area contributed by atoms with Gasteiger partial charge in [0.25, 0.3) is 0 Å². The van der Waals surface area contributed by atoms with E-state index in [1.807, 2.05) is 50.4 Å². The minimum atomic E-state index is -0.937. The molecule has 0 heterocycles. The molecule has 0 spiro atoms. The zero-order chi connectivity index (χ0) is 14.5. The summed E-state index contributed by atoms with van der Waals surface area (Å²) in [4.78, 5) is 12.6. The number of aliphatic carboxylic acids is 1. The standard InChI is InChI=1S/C17H17NO2/c1-13-12-14(9-11-17(19)20)8-10-16(13)18(2)15-6-4-3-5-7-15/h3-12H,1-2H3,(H,19,20). The van der Waals surface area contributed by atoms with Crippen molar-refractivity contribution in [3.63, 3.8) is 0 Å². The van der Waals surface area contributed by atoms with Crippen molar-refractivity contribution in [3.05, 3.63) is 65.7 Å². The SMILES string of the molecule is Cc1cc(C=CC(=O)O)ccc1N(C)c1ccccc1. The van der Waals surface area contributed by atoms with Crippen LogP contribution in [0.15, 0.2) is 54.6 Å². The van der Waals surface area contributed by atoms with Gasteiger partial charge in [-0.15, -0.1) is 0 Å². The summed E-state index contributed by atoms with van der Waals surface area (Å²) in [7, 11) is 2.02. The second-order valence-corrected chi connectivity index (χ2v) is 4.61. The van der Waals surface area contributed by atoms with Gasteiger partial charge in [0.1, 0.15) is 0 Å². The molecule has 102 valence electrons. The van der Waals surface area contributed by atoms with Crippen molar-refractivity contribution in [2.75, 3.05) is 11.9 Å². The lowest BCUT2D eigenvalue weighted by Crippen LogP contribution is -2.10. The molecule has 0 unspecified atom stereocenters. The van der Waals surface area contributed by atoms with Crippen LogP contribution in [0, 0.1) is 6.92 Å². The number of rotatable bonds is 4. The zero-order valence-electron chi connectivity index (χ0n) is 11.6. The molecule has 20 heavy (non-hydrogen) atoms. The summed E-state index contributed by atoms with van der Waals surface area (Å²) in [5.74, 6) is -0.937. The molecule has 0 bridgehead atoms. The predicted molar refractivity (Wildman–Crippen MR) is 82.4 cm³/mol. The molecule has 0 aliphatic carbocycles. The highest BCUT2D eigenvalue weighted by molar-refractivity contribution is 5.85. The Morgan fingerprint density at radius 3 is 2.45 bits per heavy atom. The van der Waals surface area contributed by atoms with Crippen LogP contribution in [-0.4, -0.2) is 18.1 Å². The van der Waals surface area contributed by atoms with Crippen LogP contribution in [0.5, 0.6) is 0 Å². The highest BCUT2D eigenvalue weighted by atomic mass is 16.4. The van der Waals surface area contributed by atoms with E-state index >= 15 is 0 Å². The summed E-state index contributed by atoms with van der Waals surface area (Å²) in [5.41, 5.74) is 4.20. The maximum absolute atomic E-state index is 10.5. The van der Waals surface area contributed by atoms with Gasteiger partial charge in [-0.1, -0.05) is 24.3 Å². The van der Waals surface area contributed by atoms with E-state index in [0.717, 1.165) is 28.6 Å². The lowest BCUT2D eigenvalue weighted by molar-refractivity contribution is -0.131. The van der Waals surface area contributed by atoms with Crippen molar-refractivity contribution in [1.29, 1.82) is 0 Å². The van der Waals surface area contributed by atoms with Crippen LogP contribution in [-0.2, 0) is 4.79 Å². The molecule has 0 atom stereocenters. The number of hydrogen-bond acceptors (Lipinski definition) is 2. The molecule has 0 radical (unpaired) electrons. The molecule has 3 heteroatoms. The Morgan fingerprint density at radius 2 is 1.85 bits per heavy atom. The fourth-order valence-corrected chi connectivity index (χ4v) is 2.12. The number of para-hydroxylation sites is 1. The summed E-state index contributed by atoms with van der Waals surface area (Å²) in [6.07, 6.45) is 2.75. The van der Waals surface area contributed by atoms with Gasteiger partial charge in [0.2, 0.25) is 0 Å². The van der Waals surface area contributed by atoms with E-state index in [9.17, 15) is 4.79 Å². The lowest BCUT2D eigenvalue weighted by atomic mass is 10.1. The molecule has 2 aromatic carbocycles. The first-order chi connectivity index (χ1) is 9.58. The molecule has 1 N–H and O–H groups in total. The Kier molecular flexibility index (Phi) is 4.20. The Balaban J connectivity index is 2.28. The first kappa shape index (κ1) is 13.9. The molecule has 0 saturated carbocycles. The second kappa shape index (κ2) is 6.06. The first-order valence-electron chi connectivity index (χ1n) is 6.38. The van der Waals surface area contributed by atoms with E-state index in [1.165, 1.54) is 0 Å². The van der Waals surface area contributed by atoms with Crippen LogP contribution >= 0.6 is 0 Å². The zero-order valence-corrected chi connectivity index (χ0v) is 11.6. The number of nitrogens with zero attached hydrogens (tertiary/aromatic N) is 1. The fourth-order valence-electron chi connectivity index (χ4n) is 2.12. The Morgan fingerprint density at radius 1 is 1.15 bits per heavy atom. The number of anilines is 2. The monoisotopic (exact) mass is 267 g/mol. The number of benzene rings is 2. The third-order valence-electron chi connectivity index (χ3n) is 3.14. The third kappa shape index (κ3) is 3.26. The normalized spacial score (nSPS) is 10.7. The summed E-state index contributed by atoms with van der Waals surface area (Å²) >= 11 is 0. The molecule has 0 aliphatic rings. The topological polar surface area (TPSA) is 40.5 Å². The molecule has 0 aromatic heterocycles. The van der Waals surface area contributed by atoms with E-state index in [-0.39, 0.29) is 0 Å². The predicted octanol–water partition coefficient (Wildman–Crippen LogP) is 3.86. The van der Waals surface area contributed by atoms with Gasteiger partial charge in [0.15, 0.2) is 0 Å². The van der Waals surface area contributed by atoms with Crippen molar-refractivity contribution in [2.24, 2.45) is 0 Å². The molecule has 2 rings (SSSR count). The highest BCUT2D eigenvalue weighted by Crippen LogP contribution is 2.27. The van der Waals surface area contributed by atoms with E-state index in [0.29, 0.717) is 0 Å². The smallest absolute Gasteiger partial charge is 0.328 e. The summed E-state index contributed by atoms with van der Waals surface area (Å²) < 4.78 is 0. The number of aryl methyl sites for hydroxylation is 1. The average molecular weight is 267 g/mol. The molecular formula is C17H17NO2. The number of carboxylic acids is 1. The van der Waals surface area contributed by atoms with E-state index in [1.54, 1.807) is 6.08 Å². The largest absolute Gasteiger partial charge is 0.478 e. The van der Waals surface area contributed by atoms with Gasteiger partial charge < -0.3 is 10.0 Å². The molecular weight excluding hydrogens is 250 g/mol. The van der Waals surface area contributed by atoms with Crippen LogP contribution < -0.4 is 4.90 Å². The Hall–Kier alpha value is -2.55. The van der Waals surface area contributed by atoms with Crippen molar-refractivity contribution in [3.8, 4) is 0 Å². The fraction of sp³-hybridized carbons (Fsp3) is 0.118. The van der Waals surface area contributed by atoms with Crippen molar-refractivity contribution >= 4 is 23.4 Å². The quantitative estimate of drug-likeness (QED) is 0.855. The summed E-state index contributed by atoms with van der Waals surface area (Å²) in [5, 5.41) is 8.64. The van der Waals surface area contributed by atoms with E-state index < -0.39 is 5.97 Å². The van der Waals surface area contributed by atoms with Crippen LogP contribution in [0.4, 0.5) is 11.4 Å². The van der Waals surface area contributed by atoms with Gasteiger partial charge in [0, 0.05) is 24.5 Å². The van der Waals surface area contributed by atoms with E-state index in [2.05, 4.69) is 17.0 Å². The molecule has 2 aromatic rings. The summed E-state index contributed by atoms with van der Waals surface area (Å²) in [6, 6.07) is 16.0. The van der Waals surface area contributed by atoms with Gasteiger partial charge in [-0.3, -0.25) is 0 Å². The average Bonchev–Trinajstić information content (AvgIpc) is 2.45. The molecule has 0 fully saturated rings. The van der Waals surface area contributed by atoms with Crippen LogP contribution in [0.1, 0.15) is 11.1 Å². The Bertz CT molecular complexity index is 633. The van der Waals surface area contributed by atoms with Crippen molar-refractivity contribution < 1.29 is 9.90 Å². The minimum Gasteiger partial charge on any atom is -0.478 e. The molecule has 0 saturated heterocycles. The second-order valence-electron chi connectivity index (χ2n) is 4.61. The van der Waals surface area contributed by atoms with E-state index in [4.69, 9.17) is 5.11 Å². The Labute approximate surface area is 118 Å².